The van der Waals surface area contributed by atoms with Gasteiger partial charge in [-0.3, -0.25) is 4.79 Å². The summed E-state index contributed by atoms with van der Waals surface area (Å²) in [6.07, 6.45) is -1.06. The molecule has 1 aromatic carbocycles. The summed E-state index contributed by atoms with van der Waals surface area (Å²) < 4.78 is 39.6. The van der Waals surface area contributed by atoms with Crippen molar-refractivity contribution in [2.75, 3.05) is 13.1 Å². The van der Waals surface area contributed by atoms with Crippen LogP contribution in [0.4, 0.5) is 13.6 Å². The van der Waals surface area contributed by atoms with E-state index in [0.29, 0.717) is 0 Å². The molecule has 1 aliphatic carbocycles. The standard InChI is InChI=1S/C20H25F2NO4/c1-18(2,3)27-16(24)19-9-10-20(21,22)15(19)11-23(13-19)17(25)26-12-14-7-5-4-6-8-14/h4-8,15H,9-13H2,1-3H3/t15-,19-/m1/s1. The van der Waals surface area contributed by atoms with E-state index in [1.807, 2.05) is 30.3 Å². The van der Waals surface area contributed by atoms with Crippen LogP contribution in [0.3, 0.4) is 0 Å². The molecule has 0 N–H and O–H groups in total. The highest BCUT2D eigenvalue weighted by molar-refractivity contribution is 5.81. The normalized spacial score (nSPS) is 26.6. The predicted molar refractivity (Wildman–Crippen MR) is 94.1 cm³/mol. The van der Waals surface area contributed by atoms with E-state index in [0.717, 1.165) is 5.56 Å². The van der Waals surface area contributed by atoms with Crippen LogP contribution in [0.5, 0.6) is 0 Å². The molecule has 1 saturated carbocycles. The molecule has 0 radical (unpaired) electrons. The Kier molecular flexibility index (Phi) is 4.91. The summed E-state index contributed by atoms with van der Waals surface area (Å²) in [5.41, 5.74) is -1.35. The average molecular weight is 381 g/mol. The number of fused-ring (bicyclic) bond motifs is 1. The number of hydrogen-bond acceptors (Lipinski definition) is 4. The van der Waals surface area contributed by atoms with E-state index in [4.69, 9.17) is 9.47 Å². The predicted octanol–water partition coefficient (Wildman–Crippen LogP) is 4.01. The molecule has 1 saturated heterocycles. The molecule has 0 bridgehead atoms. The Balaban J connectivity index is 1.73. The fraction of sp³-hybridized carbons (Fsp3) is 0.600. The van der Waals surface area contributed by atoms with Crippen LogP contribution in [-0.4, -0.2) is 41.6 Å². The lowest BCUT2D eigenvalue weighted by Crippen LogP contribution is -2.43. The van der Waals surface area contributed by atoms with Crippen LogP contribution in [0.1, 0.15) is 39.2 Å². The SMILES string of the molecule is CC(C)(C)OC(=O)[C@@]12CCC(F)(F)[C@@H]1CN(C(=O)OCc1ccccc1)C2. The summed E-state index contributed by atoms with van der Waals surface area (Å²) in [6, 6.07) is 9.10. The van der Waals surface area contributed by atoms with Crippen LogP contribution >= 0.6 is 0 Å². The first-order chi connectivity index (χ1) is 12.5. The first-order valence-electron chi connectivity index (χ1n) is 9.10. The van der Waals surface area contributed by atoms with Gasteiger partial charge in [0, 0.05) is 19.5 Å². The van der Waals surface area contributed by atoms with Crippen molar-refractivity contribution in [2.45, 2.75) is 51.7 Å². The van der Waals surface area contributed by atoms with Crippen molar-refractivity contribution in [3.63, 3.8) is 0 Å². The Bertz CT molecular complexity index is 716. The molecule has 2 atom stereocenters. The van der Waals surface area contributed by atoms with Gasteiger partial charge in [-0.25, -0.2) is 13.6 Å². The average Bonchev–Trinajstić information content (AvgIpc) is 3.10. The summed E-state index contributed by atoms with van der Waals surface area (Å²) in [6.45, 7) is 4.84. The Morgan fingerprint density at radius 2 is 1.85 bits per heavy atom. The van der Waals surface area contributed by atoms with Crippen LogP contribution in [0.2, 0.25) is 0 Å². The number of halogens is 2. The second kappa shape index (κ2) is 6.77. The number of rotatable bonds is 3. The summed E-state index contributed by atoms with van der Waals surface area (Å²) in [5.74, 6) is -4.91. The van der Waals surface area contributed by atoms with Crippen molar-refractivity contribution in [1.82, 2.24) is 4.90 Å². The molecule has 1 aromatic rings. The third-order valence-electron chi connectivity index (χ3n) is 5.23. The maximum atomic E-state index is 14.4. The maximum absolute atomic E-state index is 14.4. The van der Waals surface area contributed by atoms with Crippen molar-refractivity contribution in [3.05, 3.63) is 35.9 Å². The fourth-order valence-electron chi connectivity index (χ4n) is 3.90. The minimum Gasteiger partial charge on any atom is -0.459 e. The molecular weight excluding hydrogens is 356 g/mol. The third-order valence-corrected chi connectivity index (χ3v) is 5.23. The van der Waals surface area contributed by atoms with Crippen molar-refractivity contribution >= 4 is 12.1 Å². The monoisotopic (exact) mass is 381 g/mol. The number of esters is 1. The number of amides is 1. The zero-order chi connectivity index (χ0) is 19.9. The van der Waals surface area contributed by atoms with E-state index >= 15 is 0 Å². The molecule has 0 spiro atoms. The molecule has 0 unspecified atom stereocenters. The van der Waals surface area contributed by atoms with E-state index in [9.17, 15) is 18.4 Å². The molecule has 1 aliphatic heterocycles. The molecule has 5 nitrogen and oxygen atoms in total. The van der Waals surface area contributed by atoms with Gasteiger partial charge in [0.2, 0.25) is 0 Å². The molecular formula is C20H25F2NO4. The minimum absolute atomic E-state index is 0.00203. The number of alkyl halides is 2. The maximum Gasteiger partial charge on any atom is 0.410 e. The Hall–Kier alpha value is -2.18. The number of hydrogen-bond donors (Lipinski definition) is 0. The summed E-state index contributed by atoms with van der Waals surface area (Å²) in [4.78, 5) is 26.4. The largest absolute Gasteiger partial charge is 0.459 e. The van der Waals surface area contributed by atoms with Gasteiger partial charge in [-0.2, -0.15) is 0 Å². The van der Waals surface area contributed by atoms with Crippen molar-refractivity contribution in [2.24, 2.45) is 11.3 Å². The molecule has 3 rings (SSSR count). The molecule has 148 valence electrons. The number of likely N-dealkylation sites (tertiary alicyclic amines) is 1. The zero-order valence-corrected chi connectivity index (χ0v) is 15.8. The molecule has 2 fully saturated rings. The van der Waals surface area contributed by atoms with Crippen LogP contribution in [0.15, 0.2) is 30.3 Å². The van der Waals surface area contributed by atoms with Gasteiger partial charge >= 0.3 is 12.1 Å². The molecule has 7 heteroatoms. The van der Waals surface area contributed by atoms with Crippen molar-refractivity contribution in [3.8, 4) is 0 Å². The van der Waals surface area contributed by atoms with Gasteiger partial charge in [0.15, 0.2) is 0 Å². The summed E-state index contributed by atoms with van der Waals surface area (Å²) in [7, 11) is 0. The van der Waals surface area contributed by atoms with Gasteiger partial charge in [0.05, 0.1) is 11.3 Å². The highest BCUT2D eigenvalue weighted by atomic mass is 19.3. The Morgan fingerprint density at radius 3 is 2.48 bits per heavy atom. The second-order valence-electron chi connectivity index (χ2n) is 8.39. The lowest BCUT2D eigenvalue weighted by molar-refractivity contribution is -0.171. The number of ether oxygens (including phenoxy) is 2. The Morgan fingerprint density at radius 1 is 1.19 bits per heavy atom. The van der Waals surface area contributed by atoms with Crippen molar-refractivity contribution < 1.29 is 27.8 Å². The van der Waals surface area contributed by atoms with E-state index in [2.05, 4.69) is 0 Å². The van der Waals surface area contributed by atoms with Crippen LogP contribution in [-0.2, 0) is 20.9 Å². The number of benzene rings is 1. The number of carbonyl (C=O) groups is 2. The van der Waals surface area contributed by atoms with E-state index in [1.165, 1.54) is 4.90 Å². The quantitative estimate of drug-likeness (QED) is 0.743. The van der Waals surface area contributed by atoms with E-state index in [-0.39, 0.29) is 32.5 Å². The van der Waals surface area contributed by atoms with Gasteiger partial charge < -0.3 is 14.4 Å². The molecule has 1 amide bonds. The first-order valence-corrected chi connectivity index (χ1v) is 9.10. The van der Waals surface area contributed by atoms with Crippen LogP contribution in [0.25, 0.3) is 0 Å². The number of nitrogens with zero attached hydrogens (tertiary/aromatic N) is 1. The third kappa shape index (κ3) is 3.92. The highest BCUT2D eigenvalue weighted by Gasteiger charge is 2.68. The van der Waals surface area contributed by atoms with Gasteiger partial charge in [0.25, 0.3) is 5.92 Å². The Labute approximate surface area is 157 Å². The highest BCUT2D eigenvalue weighted by Crippen LogP contribution is 2.57. The van der Waals surface area contributed by atoms with E-state index in [1.54, 1.807) is 20.8 Å². The first kappa shape index (κ1) is 19.6. The topological polar surface area (TPSA) is 55.8 Å². The molecule has 2 aliphatic rings. The molecule has 27 heavy (non-hydrogen) atoms. The van der Waals surface area contributed by atoms with Gasteiger partial charge in [0.1, 0.15) is 12.2 Å². The lowest BCUT2D eigenvalue weighted by Gasteiger charge is -2.31. The summed E-state index contributed by atoms with van der Waals surface area (Å²) >= 11 is 0. The van der Waals surface area contributed by atoms with Crippen LogP contribution in [0, 0.1) is 11.3 Å². The smallest absolute Gasteiger partial charge is 0.410 e. The van der Waals surface area contributed by atoms with Gasteiger partial charge in [-0.1, -0.05) is 30.3 Å². The molecule has 0 aromatic heterocycles. The lowest BCUT2D eigenvalue weighted by atomic mass is 9.80. The second-order valence-corrected chi connectivity index (χ2v) is 8.39. The van der Waals surface area contributed by atoms with Crippen molar-refractivity contribution in [1.29, 1.82) is 0 Å². The van der Waals surface area contributed by atoms with E-state index < -0.39 is 34.9 Å². The zero-order valence-electron chi connectivity index (χ0n) is 15.8. The minimum atomic E-state index is -3.01. The fourth-order valence-corrected chi connectivity index (χ4v) is 3.90. The van der Waals surface area contributed by atoms with Gasteiger partial charge in [-0.15, -0.1) is 0 Å². The van der Waals surface area contributed by atoms with Crippen LogP contribution < -0.4 is 0 Å². The molecule has 1 heterocycles. The number of carbonyl (C=O) groups excluding carboxylic acids is 2. The summed E-state index contributed by atoms with van der Waals surface area (Å²) in [5, 5.41) is 0. The van der Waals surface area contributed by atoms with Gasteiger partial charge in [-0.05, 0) is 32.8 Å².